The molecule has 0 atom stereocenters. The third-order valence-corrected chi connectivity index (χ3v) is 7.51. The second kappa shape index (κ2) is 13.0. The molecule has 0 aliphatic heterocycles. The molecule has 0 amide bonds. The summed E-state index contributed by atoms with van der Waals surface area (Å²) in [5, 5.41) is 13.8. The highest BCUT2D eigenvalue weighted by Gasteiger charge is 2.15. The summed E-state index contributed by atoms with van der Waals surface area (Å²) in [5.74, 6) is 0.709. The largest absolute Gasteiger partial charge is 0.496 e. The first-order chi connectivity index (χ1) is 19.6. The summed E-state index contributed by atoms with van der Waals surface area (Å²) in [5.41, 5.74) is 6.58. The number of carbonyl (C=O) groups is 1. The van der Waals surface area contributed by atoms with Gasteiger partial charge in [0.2, 0.25) is 0 Å². The molecule has 0 fully saturated rings. The fourth-order valence-electron chi connectivity index (χ4n) is 5.08. The Morgan fingerprint density at radius 2 is 1.56 bits per heavy atom. The lowest BCUT2D eigenvalue weighted by Gasteiger charge is -2.19. The Morgan fingerprint density at radius 3 is 2.17 bits per heavy atom. The molecule has 0 bridgehead atoms. The lowest BCUT2D eigenvalue weighted by Crippen LogP contribution is -2.25. The molecule has 4 rings (SSSR count). The predicted molar refractivity (Wildman–Crippen MR) is 163 cm³/mol. The summed E-state index contributed by atoms with van der Waals surface area (Å²) in [4.78, 5) is 24.1. The zero-order chi connectivity index (χ0) is 29.6. The van der Waals surface area contributed by atoms with Gasteiger partial charge in [0.25, 0.3) is 0 Å². The van der Waals surface area contributed by atoms with Gasteiger partial charge in [-0.1, -0.05) is 75.4 Å². The minimum Gasteiger partial charge on any atom is -0.496 e. The number of rotatable bonds is 12. The Bertz CT molecular complexity index is 1520. The Labute approximate surface area is 242 Å². The fourth-order valence-corrected chi connectivity index (χ4v) is 5.08. The van der Waals surface area contributed by atoms with Crippen LogP contribution in [0.3, 0.4) is 0 Å². The maximum atomic E-state index is 13.0. The van der Waals surface area contributed by atoms with Crippen molar-refractivity contribution < 1.29 is 14.6 Å². The summed E-state index contributed by atoms with van der Waals surface area (Å²) >= 11 is 0. The normalized spacial score (nSPS) is 11.5. The molecule has 7 nitrogen and oxygen atoms in total. The SMILES string of the molecule is CCn1c(CCCc2ccc(-c3ccc(OC)c(CCC(=O)O)c3)cc2)nn(Cc2ccc(C(C)(C)C)cc2)c1=O. The van der Waals surface area contributed by atoms with Crippen LogP contribution in [0.25, 0.3) is 11.1 Å². The molecule has 0 saturated carbocycles. The lowest BCUT2D eigenvalue weighted by atomic mass is 9.87. The monoisotopic (exact) mass is 555 g/mol. The van der Waals surface area contributed by atoms with Gasteiger partial charge in [-0.2, -0.15) is 5.10 Å². The van der Waals surface area contributed by atoms with Gasteiger partial charge >= 0.3 is 11.7 Å². The van der Waals surface area contributed by atoms with E-state index in [0.717, 1.165) is 47.3 Å². The van der Waals surface area contributed by atoms with E-state index in [-0.39, 0.29) is 17.5 Å². The quantitative estimate of drug-likeness (QED) is 0.222. The van der Waals surface area contributed by atoms with E-state index in [1.54, 1.807) is 16.4 Å². The van der Waals surface area contributed by atoms with Gasteiger partial charge in [0.05, 0.1) is 13.7 Å². The van der Waals surface area contributed by atoms with Crippen molar-refractivity contribution in [2.75, 3.05) is 7.11 Å². The van der Waals surface area contributed by atoms with Crippen LogP contribution in [0.2, 0.25) is 0 Å². The standard InChI is InChI=1S/C34H41N3O4/c1-6-36-31(35-37(33(36)40)23-25-12-18-29(19-13-25)34(2,3)4)9-7-8-24-10-14-26(15-11-24)27-16-20-30(41-5)28(22-27)17-21-32(38)39/h10-16,18-20,22H,6-9,17,21,23H2,1-5H3,(H,38,39). The molecular formula is C34H41N3O4. The van der Waals surface area contributed by atoms with E-state index < -0.39 is 5.97 Å². The van der Waals surface area contributed by atoms with Crippen molar-refractivity contribution in [3.05, 3.63) is 105 Å². The molecule has 216 valence electrons. The molecule has 0 aliphatic rings. The minimum atomic E-state index is -0.824. The molecule has 1 N–H and O–H groups in total. The van der Waals surface area contributed by atoms with Gasteiger partial charge in [-0.05, 0) is 77.1 Å². The highest BCUT2D eigenvalue weighted by atomic mass is 16.5. The van der Waals surface area contributed by atoms with Crippen LogP contribution < -0.4 is 10.4 Å². The van der Waals surface area contributed by atoms with Crippen molar-refractivity contribution in [1.29, 1.82) is 0 Å². The number of carboxylic acid groups (broad SMARTS) is 1. The van der Waals surface area contributed by atoms with E-state index in [0.29, 0.717) is 25.3 Å². The van der Waals surface area contributed by atoms with Crippen LogP contribution in [0.1, 0.15) is 68.6 Å². The van der Waals surface area contributed by atoms with E-state index in [1.807, 2.05) is 25.1 Å². The molecule has 0 radical (unpaired) electrons. The zero-order valence-electron chi connectivity index (χ0n) is 24.8. The molecule has 41 heavy (non-hydrogen) atoms. The molecule has 1 heterocycles. The van der Waals surface area contributed by atoms with E-state index in [1.165, 1.54) is 11.1 Å². The first-order valence-electron chi connectivity index (χ1n) is 14.3. The topological polar surface area (TPSA) is 86.3 Å². The number of aliphatic carboxylic acids is 1. The van der Waals surface area contributed by atoms with Crippen LogP contribution >= 0.6 is 0 Å². The van der Waals surface area contributed by atoms with E-state index >= 15 is 0 Å². The van der Waals surface area contributed by atoms with Gasteiger partial charge < -0.3 is 9.84 Å². The summed E-state index contributed by atoms with van der Waals surface area (Å²) in [6, 6.07) is 22.8. The van der Waals surface area contributed by atoms with E-state index in [2.05, 4.69) is 69.3 Å². The van der Waals surface area contributed by atoms with Crippen LogP contribution in [0, 0.1) is 0 Å². The Morgan fingerprint density at radius 1 is 0.902 bits per heavy atom. The number of aryl methyl sites for hydroxylation is 3. The summed E-state index contributed by atoms with van der Waals surface area (Å²) < 4.78 is 8.78. The predicted octanol–water partition coefficient (Wildman–Crippen LogP) is 6.28. The zero-order valence-corrected chi connectivity index (χ0v) is 24.8. The number of hydrogen-bond acceptors (Lipinski definition) is 4. The van der Waals surface area contributed by atoms with Gasteiger partial charge in [-0.15, -0.1) is 0 Å². The molecule has 4 aromatic rings. The van der Waals surface area contributed by atoms with Gasteiger partial charge in [0.15, 0.2) is 0 Å². The maximum Gasteiger partial charge on any atom is 0.346 e. The third kappa shape index (κ3) is 7.54. The molecule has 7 heteroatoms. The second-order valence-corrected chi connectivity index (χ2v) is 11.5. The van der Waals surface area contributed by atoms with E-state index in [9.17, 15) is 9.59 Å². The molecular weight excluding hydrogens is 514 g/mol. The van der Waals surface area contributed by atoms with Crippen molar-refractivity contribution in [3.8, 4) is 16.9 Å². The number of ether oxygens (including phenoxy) is 1. The third-order valence-electron chi connectivity index (χ3n) is 7.51. The summed E-state index contributed by atoms with van der Waals surface area (Å²) in [6.07, 6.45) is 2.98. The molecule has 0 saturated heterocycles. The van der Waals surface area contributed by atoms with Gasteiger partial charge in [0, 0.05) is 19.4 Å². The van der Waals surface area contributed by atoms with E-state index in [4.69, 9.17) is 14.9 Å². The van der Waals surface area contributed by atoms with Crippen molar-refractivity contribution in [2.45, 2.75) is 78.3 Å². The summed E-state index contributed by atoms with van der Waals surface area (Å²) in [7, 11) is 1.60. The molecule has 0 unspecified atom stereocenters. The van der Waals surface area contributed by atoms with Gasteiger partial charge in [0.1, 0.15) is 11.6 Å². The molecule has 1 aromatic heterocycles. The fraction of sp³-hybridized carbons (Fsp3) is 0.382. The number of benzene rings is 3. The number of methoxy groups -OCH3 is 1. The number of aromatic nitrogens is 3. The highest BCUT2D eigenvalue weighted by molar-refractivity contribution is 5.69. The summed E-state index contributed by atoms with van der Waals surface area (Å²) in [6.45, 7) is 9.63. The van der Waals surface area contributed by atoms with Crippen molar-refractivity contribution in [1.82, 2.24) is 14.3 Å². The first kappa shape index (κ1) is 29.8. The van der Waals surface area contributed by atoms with Crippen LogP contribution in [-0.2, 0) is 42.6 Å². The number of nitrogens with zero attached hydrogens (tertiary/aromatic N) is 3. The van der Waals surface area contributed by atoms with Crippen LogP contribution in [0.15, 0.2) is 71.5 Å². The number of hydrogen-bond donors (Lipinski definition) is 1. The average Bonchev–Trinajstić information content (AvgIpc) is 3.25. The Balaban J connectivity index is 1.39. The highest BCUT2D eigenvalue weighted by Crippen LogP contribution is 2.28. The van der Waals surface area contributed by atoms with Crippen molar-refractivity contribution >= 4 is 5.97 Å². The number of carboxylic acids is 1. The van der Waals surface area contributed by atoms with Crippen molar-refractivity contribution in [2.24, 2.45) is 0 Å². The maximum absolute atomic E-state index is 13.0. The molecule has 3 aromatic carbocycles. The minimum absolute atomic E-state index is 0.0611. The van der Waals surface area contributed by atoms with Crippen LogP contribution in [0.5, 0.6) is 5.75 Å². The average molecular weight is 556 g/mol. The van der Waals surface area contributed by atoms with Gasteiger partial charge in [-0.25, -0.2) is 9.48 Å². The second-order valence-electron chi connectivity index (χ2n) is 11.5. The van der Waals surface area contributed by atoms with Crippen molar-refractivity contribution in [3.63, 3.8) is 0 Å². The smallest absolute Gasteiger partial charge is 0.346 e. The Hall–Kier alpha value is -4.13. The van der Waals surface area contributed by atoms with Gasteiger partial charge in [-0.3, -0.25) is 9.36 Å². The first-order valence-corrected chi connectivity index (χ1v) is 14.3. The molecule has 0 spiro atoms. The Kier molecular flexibility index (Phi) is 9.48. The van der Waals surface area contributed by atoms with Crippen LogP contribution in [0.4, 0.5) is 0 Å². The van der Waals surface area contributed by atoms with Crippen LogP contribution in [-0.4, -0.2) is 32.5 Å². The molecule has 0 aliphatic carbocycles. The lowest BCUT2D eigenvalue weighted by molar-refractivity contribution is -0.136.